The predicted molar refractivity (Wildman–Crippen MR) is 116 cm³/mol. The molecule has 0 aliphatic carbocycles. The van der Waals surface area contributed by atoms with Crippen LogP contribution in [0, 0.1) is 0 Å². The molecule has 0 amide bonds. The summed E-state index contributed by atoms with van der Waals surface area (Å²) in [6, 6.07) is 7.32. The van der Waals surface area contributed by atoms with Gasteiger partial charge in [-0.25, -0.2) is 9.98 Å². The fourth-order valence-electron chi connectivity index (χ4n) is 2.11. The Morgan fingerprint density at radius 1 is 1.32 bits per heavy atom. The summed E-state index contributed by atoms with van der Waals surface area (Å²) in [4.78, 5) is 11.1. The molecule has 0 aliphatic heterocycles. The smallest absolute Gasteiger partial charge is 0.191 e. The average molecular weight is 475 g/mol. The van der Waals surface area contributed by atoms with Gasteiger partial charge in [-0.1, -0.05) is 12.1 Å². The van der Waals surface area contributed by atoms with Gasteiger partial charge in [-0.15, -0.1) is 35.3 Å². The van der Waals surface area contributed by atoms with Gasteiger partial charge in [0.05, 0.1) is 12.2 Å². The number of anilines is 1. The van der Waals surface area contributed by atoms with Gasteiger partial charge in [-0.05, 0) is 31.0 Å². The molecule has 138 valence electrons. The fourth-order valence-corrected chi connectivity index (χ4v) is 2.86. The lowest BCUT2D eigenvalue weighted by Crippen LogP contribution is -2.38. The van der Waals surface area contributed by atoms with Crippen molar-refractivity contribution < 1.29 is 5.11 Å². The zero-order chi connectivity index (χ0) is 17.4. The molecule has 8 heteroatoms. The van der Waals surface area contributed by atoms with Crippen molar-refractivity contribution in [2.75, 3.05) is 32.1 Å². The number of benzene rings is 1. The Labute approximate surface area is 170 Å². The van der Waals surface area contributed by atoms with Crippen molar-refractivity contribution in [2.45, 2.75) is 19.9 Å². The molecule has 1 aromatic heterocycles. The van der Waals surface area contributed by atoms with E-state index in [2.05, 4.69) is 20.6 Å². The van der Waals surface area contributed by atoms with Gasteiger partial charge >= 0.3 is 0 Å². The van der Waals surface area contributed by atoms with Crippen molar-refractivity contribution in [3.63, 3.8) is 0 Å². The number of phenols is 1. The molecule has 25 heavy (non-hydrogen) atoms. The number of aromatic nitrogens is 1. The summed E-state index contributed by atoms with van der Waals surface area (Å²) in [6.45, 7) is 4.14. The Kier molecular flexibility index (Phi) is 9.58. The van der Waals surface area contributed by atoms with E-state index in [-0.39, 0.29) is 24.0 Å². The van der Waals surface area contributed by atoms with Crippen molar-refractivity contribution in [3.8, 4) is 5.75 Å². The topological polar surface area (TPSA) is 72.8 Å². The first-order valence-electron chi connectivity index (χ1n) is 8.00. The third kappa shape index (κ3) is 7.47. The minimum atomic E-state index is 0. The van der Waals surface area contributed by atoms with E-state index in [9.17, 15) is 5.11 Å². The van der Waals surface area contributed by atoms with Gasteiger partial charge in [0.2, 0.25) is 0 Å². The molecule has 0 spiro atoms. The molecule has 1 heterocycles. The number of phenolic OH excluding ortho intramolecular Hbond substituents is 1. The van der Waals surface area contributed by atoms with Crippen LogP contribution in [0.15, 0.2) is 34.6 Å². The minimum Gasteiger partial charge on any atom is -0.508 e. The van der Waals surface area contributed by atoms with Crippen LogP contribution in [0.1, 0.15) is 18.2 Å². The molecule has 2 rings (SSSR count). The van der Waals surface area contributed by atoms with Crippen LogP contribution in [0.3, 0.4) is 0 Å². The van der Waals surface area contributed by atoms with E-state index >= 15 is 0 Å². The molecule has 0 atom stereocenters. The lowest BCUT2D eigenvalue weighted by Gasteiger charge is -2.11. The van der Waals surface area contributed by atoms with Gasteiger partial charge in [0.15, 0.2) is 11.1 Å². The van der Waals surface area contributed by atoms with E-state index in [1.54, 1.807) is 23.5 Å². The second-order valence-electron chi connectivity index (χ2n) is 5.56. The van der Waals surface area contributed by atoms with Crippen LogP contribution in [-0.2, 0) is 13.0 Å². The fraction of sp³-hybridized carbons (Fsp3) is 0.412. The van der Waals surface area contributed by atoms with E-state index in [1.165, 1.54) is 0 Å². The SMILES string of the molecule is CCNC(=NCc1csc(N(C)C)n1)NCCc1cccc(O)c1.I. The van der Waals surface area contributed by atoms with Gasteiger partial charge in [-0.2, -0.15) is 0 Å². The van der Waals surface area contributed by atoms with Crippen LogP contribution < -0.4 is 15.5 Å². The standard InChI is InChI=1S/C17H25N5OS.HI/c1-4-18-16(19-9-8-13-6-5-7-15(23)10-13)20-11-14-12-24-17(21-14)22(2)3;/h5-7,10,12,23H,4,8-9,11H2,1-3H3,(H2,18,19,20);1H. The third-order valence-electron chi connectivity index (χ3n) is 3.28. The number of aliphatic imine (C=N–C) groups is 1. The number of halogens is 1. The summed E-state index contributed by atoms with van der Waals surface area (Å²) < 4.78 is 0. The van der Waals surface area contributed by atoms with E-state index in [4.69, 9.17) is 0 Å². The molecule has 0 saturated heterocycles. The summed E-state index contributed by atoms with van der Waals surface area (Å²) in [6.07, 6.45) is 0.820. The number of hydrogen-bond donors (Lipinski definition) is 3. The molecule has 0 radical (unpaired) electrons. The molecule has 3 N–H and O–H groups in total. The molecule has 6 nitrogen and oxygen atoms in total. The number of thiazole rings is 1. The zero-order valence-corrected chi connectivity index (χ0v) is 18.0. The van der Waals surface area contributed by atoms with Crippen molar-refractivity contribution in [2.24, 2.45) is 4.99 Å². The molecule has 0 fully saturated rings. The molecule has 0 aliphatic rings. The largest absolute Gasteiger partial charge is 0.508 e. The second kappa shape index (κ2) is 11.1. The van der Waals surface area contributed by atoms with Crippen LogP contribution in [0.5, 0.6) is 5.75 Å². The highest BCUT2D eigenvalue weighted by molar-refractivity contribution is 14.0. The van der Waals surface area contributed by atoms with E-state index in [1.807, 2.05) is 43.4 Å². The van der Waals surface area contributed by atoms with Crippen LogP contribution >= 0.6 is 35.3 Å². The monoisotopic (exact) mass is 475 g/mol. The lowest BCUT2D eigenvalue weighted by molar-refractivity contribution is 0.474. The predicted octanol–water partition coefficient (Wildman–Crippen LogP) is 2.83. The second-order valence-corrected chi connectivity index (χ2v) is 6.39. The summed E-state index contributed by atoms with van der Waals surface area (Å²) in [5.41, 5.74) is 2.06. The molecule has 0 saturated carbocycles. The lowest BCUT2D eigenvalue weighted by atomic mass is 10.1. The molecular weight excluding hydrogens is 449 g/mol. The highest BCUT2D eigenvalue weighted by Crippen LogP contribution is 2.18. The molecule has 0 bridgehead atoms. The highest BCUT2D eigenvalue weighted by atomic mass is 127. The van der Waals surface area contributed by atoms with Crippen LogP contribution in [0.4, 0.5) is 5.13 Å². The Hall–Kier alpha value is -1.55. The first-order valence-corrected chi connectivity index (χ1v) is 8.88. The Morgan fingerprint density at radius 3 is 2.76 bits per heavy atom. The van der Waals surface area contributed by atoms with Gasteiger partial charge in [0, 0.05) is 32.6 Å². The van der Waals surface area contributed by atoms with E-state index < -0.39 is 0 Å². The summed E-state index contributed by atoms with van der Waals surface area (Å²) in [5.74, 6) is 1.07. The summed E-state index contributed by atoms with van der Waals surface area (Å²) >= 11 is 1.62. The Balaban J connectivity index is 0.00000312. The number of aromatic hydroxyl groups is 1. The quantitative estimate of drug-likeness (QED) is 0.327. The molecular formula is C17H26IN5OS. The number of hydrogen-bond acceptors (Lipinski definition) is 5. The van der Waals surface area contributed by atoms with Crippen LogP contribution in [0.25, 0.3) is 0 Å². The van der Waals surface area contributed by atoms with Crippen molar-refractivity contribution in [1.82, 2.24) is 15.6 Å². The van der Waals surface area contributed by atoms with Crippen molar-refractivity contribution in [1.29, 1.82) is 0 Å². The average Bonchev–Trinajstić information content (AvgIpc) is 3.02. The molecule has 1 aromatic carbocycles. The molecule has 0 unspecified atom stereocenters. The number of guanidine groups is 1. The minimum absolute atomic E-state index is 0. The van der Waals surface area contributed by atoms with Crippen LogP contribution in [0.2, 0.25) is 0 Å². The normalized spacial score (nSPS) is 10.9. The van der Waals surface area contributed by atoms with E-state index in [0.29, 0.717) is 12.3 Å². The van der Waals surface area contributed by atoms with Gasteiger partial charge < -0.3 is 20.6 Å². The number of nitrogens with one attached hydrogen (secondary N) is 2. The van der Waals surface area contributed by atoms with Crippen LogP contribution in [-0.4, -0.2) is 43.2 Å². The number of nitrogens with zero attached hydrogens (tertiary/aromatic N) is 3. The van der Waals surface area contributed by atoms with Gasteiger partial charge in [-0.3, -0.25) is 0 Å². The first-order chi connectivity index (χ1) is 11.6. The van der Waals surface area contributed by atoms with Gasteiger partial charge in [0.1, 0.15) is 5.75 Å². The maximum atomic E-state index is 9.49. The van der Waals surface area contributed by atoms with E-state index in [0.717, 1.165) is 41.9 Å². The maximum Gasteiger partial charge on any atom is 0.191 e. The zero-order valence-electron chi connectivity index (χ0n) is 14.8. The third-order valence-corrected chi connectivity index (χ3v) is 4.34. The summed E-state index contributed by atoms with van der Waals surface area (Å²) in [5, 5.41) is 19.1. The molecule has 2 aromatic rings. The van der Waals surface area contributed by atoms with Gasteiger partial charge in [0.25, 0.3) is 0 Å². The first kappa shape index (κ1) is 21.5. The highest BCUT2D eigenvalue weighted by Gasteiger charge is 2.04. The Bertz CT molecular complexity index is 675. The number of rotatable bonds is 7. The van der Waals surface area contributed by atoms with Crippen molar-refractivity contribution >= 4 is 46.4 Å². The van der Waals surface area contributed by atoms with Crippen molar-refractivity contribution in [3.05, 3.63) is 40.9 Å². The maximum absolute atomic E-state index is 9.49. The Morgan fingerprint density at radius 2 is 2.12 bits per heavy atom. The summed E-state index contributed by atoms with van der Waals surface area (Å²) in [7, 11) is 3.97.